The van der Waals surface area contributed by atoms with Crippen LogP contribution in [0.4, 0.5) is 10.6 Å². The van der Waals surface area contributed by atoms with Crippen LogP contribution in [0, 0.1) is 0 Å². The van der Waals surface area contributed by atoms with Crippen LogP contribution in [0.1, 0.15) is 5.56 Å². The number of amides is 2. The Morgan fingerprint density at radius 1 is 1.00 bits per heavy atom. The Morgan fingerprint density at radius 3 is 2.38 bits per heavy atom. The molecule has 4 rings (SSSR count). The van der Waals surface area contributed by atoms with E-state index in [1.165, 1.54) is 6.33 Å². The quantitative estimate of drug-likeness (QED) is 0.465. The summed E-state index contributed by atoms with van der Waals surface area (Å²) in [5.74, 6) is 3.04. The molecule has 0 spiro atoms. The molecule has 0 radical (unpaired) electrons. The highest BCUT2D eigenvalue weighted by molar-refractivity contribution is 8.15. The van der Waals surface area contributed by atoms with E-state index in [1.807, 2.05) is 60.5 Å². The van der Waals surface area contributed by atoms with Gasteiger partial charge in [-0.2, -0.15) is 0 Å². The van der Waals surface area contributed by atoms with Crippen LogP contribution in [0.15, 0.2) is 60.9 Å². The van der Waals surface area contributed by atoms with Gasteiger partial charge in [-0.1, -0.05) is 23.9 Å². The molecule has 1 aliphatic heterocycles. The lowest BCUT2D eigenvalue weighted by molar-refractivity contribution is -0.118. The number of hydrogen-bond donors (Lipinski definition) is 1. The third kappa shape index (κ3) is 6.16. The van der Waals surface area contributed by atoms with Crippen LogP contribution in [-0.2, 0) is 11.2 Å². The topological polar surface area (TPSA) is 103 Å². The van der Waals surface area contributed by atoms with E-state index in [2.05, 4.69) is 15.3 Å². The minimum Gasteiger partial charge on any atom is -0.497 e. The summed E-state index contributed by atoms with van der Waals surface area (Å²) in [5.41, 5.74) is 0.970. The third-order valence-corrected chi connectivity index (χ3v) is 6.09. The summed E-state index contributed by atoms with van der Waals surface area (Å²) >= 11 is 1.03. The molecule has 0 saturated carbocycles. The minimum absolute atomic E-state index is 0.236. The van der Waals surface area contributed by atoms with Crippen molar-refractivity contribution in [1.82, 2.24) is 15.3 Å². The summed E-state index contributed by atoms with van der Waals surface area (Å²) in [6.45, 7) is 1.05. The molecule has 1 fully saturated rings. The average molecular weight is 481 g/mol. The number of benzene rings is 2. The lowest BCUT2D eigenvalue weighted by atomic mass is 10.1. The van der Waals surface area contributed by atoms with Gasteiger partial charge in [-0.05, 0) is 48.4 Å². The van der Waals surface area contributed by atoms with Gasteiger partial charge in [0, 0.05) is 13.1 Å². The fourth-order valence-electron chi connectivity index (χ4n) is 3.24. The Morgan fingerprint density at radius 2 is 1.71 bits per heavy atom. The van der Waals surface area contributed by atoms with Gasteiger partial charge in [0.25, 0.3) is 5.24 Å². The van der Waals surface area contributed by atoms with Crippen molar-refractivity contribution >= 4 is 28.7 Å². The Labute approximate surface area is 201 Å². The summed E-state index contributed by atoms with van der Waals surface area (Å²) in [4.78, 5) is 33.4. The van der Waals surface area contributed by atoms with E-state index in [1.54, 1.807) is 13.2 Å². The van der Waals surface area contributed by atoms with Crippen molar-refractivity contribution in [2.45, 2.75) is 11.7 Å². The van der Waals surface area contributed by atoms with Gasteiger partial charge in [-0.15, -0.1) is 0 Å². The van der Waals surface area contributed by atoms with Gasteiger partial charge in [0.05, 0.1) is 18.9 Å². The fourth-order valence-corrected chi connectivity index (χ4v) is 4.10. The molecule has 0 aliphatic carbocycles. The first-order valence-electron chi connectivity index (χ1n) is 10.6. The number of rotatable bonds is 10. The number of methoxy groups -OCH3 is 1. The Balaban J connectivity index is 1.25. The van der Waals surface area contributed by atoms with E-state index >= 15 is 0 Å². The lowest BCUT2D eigenvalue weighted by Crippen LogP contribution is -2.25. The van der Waals surface area contributed by atoms with Crippen LogP contribution in [-0.4, -0.2) is 53.7 Å². The van der Waals surface area contributed by atoms with Gasteiger partial charge in [-0.25, -0.2) is 9.97 Å². The molecule has 1 aromatic heterocycles. The molecule has 2 aromatic carbocycles. The smallest absolute Gasteiger partial charge is 0.286 e. The van der Waals surface area contributed by atoms with Gasteiger partial charge >= 0.3 is 0 Å². The van der Waals surface area contributed by atoms with Crippen LogP contribution in [0.2, 0.25) is 0 Å². The monoisotopic (exact) mass is 480 g/mol. The molecule has 2 heterocycles. The number of ether oxygens (including phenoxy) is 3. The summed E-state index contributed by atoms with van der Waals surface area (Å²) in [6.07, 6.45) is 1.96. The molecule has 2 amide bonds. The molecular formula is C24H24N4O5S. The molecule has 1 aliphatic rings. The zero-order valence-corrected chi connectivity index (χ0v) is 19.6. The molecule has 10 heteroatoms. The predicted molar refractivity (Wildman–Crippen MR) is 129 cm³/mol. The minimum atomic E-state index is -0.376. The molecule has 176 valence electrons. The van der Waals surface area contributed by atoms with E-state index in [9.17, 15) is 9.59 Å². The van der Waals surface area contributed by atoms with Crippen molar-refractivity contribution in [2.75, 3.05) is 32.2 Å². The second-order valence-corrected chi connectivity index (χ2v) is 8.67. The normalized spacial score (nSPS) is 15.1. The molecule has 1 atom stereocenters. The van der Waals surface area contributed by atoms with Crippen LogP contribution in [0.5, 0.6) is 23.1 Å². The summed E-state index contributed by atoms with van der Waals surface area (Å²) < 4.78 is 16.8. The largest absolute Gasteiger partial charge is 0.497 e. The molecule has 9 nitrogen and oxygen atoms in total. The Kier molecular flexibility index (Phi) is 7.48. The highest BCUT2D eigenvalue weighted by atomic mass is 32.2. The number of likely N-dealkylation sites (N-methyl/N-ethyl adjacent to an activating group) is 1. The molecule has 1 N–H and O–H groups in total. The first-order valence-corrected chi connectivity index (χ1v) is 11.5. The van der Waals surface area contributed by atoms with Crippen molar-refractivity contribution in [3.63, 3.8) is 0 Å². The number of carbonyl (C=O) groups is 2. The first kappa shape index (κ1) is 23.4. The van der Waals surface area contributed by atoms with E-state index in [0.717, 1.165) is 28.8 Å². The van der Waals surface area contributed by atoms with Gasteiger partial charge in [-0.3, -0.25) is 14.9 Å². The maximum Gasteiger partial charge on any atom is 0.286 e. The SMILES string of the molecule is COc1ccc(Oc2cc(N(C)CCOc3ccc(C[C@H]4SC(=O)NC4=O)cc3)ncn2)cc1. The number of imide groups is 1. The standard InChI is InChI=1S/C24H24N4O5S/c1-28(21-14-22(26-15-25-21)33-19-9-7-17(31-2)8-10-19)11-12-32-18-5-3-16(4-6-18)13-20-23(29)27-24(30)34-20/h3-10,14-15,20H,11-13H2,1-2H3,(H,27,29,30)/t20-/m1/s1. The second kappa shape index (κ2) is 10.9. The van der Waals surface area contributed by atoms with E-state index in [4.69, 9.17) is 14.2 Å². The fraction of sp³-hybridized carbons (Fsp3) is 0.250. The van der Waals surface area contributed by atoms with E-state index in [0.29, 0.717) is 37.0 Å². The van der Waals surface area contributed by atoms with Crippen molar-refractivity contribution in [1.29, 1.82) is 0 Å². The van der Waals surface area contributed by atoms with Crippen molar-refractivity contribution < 1.29 is 23.8 Å². The number of nitrogens with zero attached hydrogens (tertiary/aromatic N) is 3. The number of thioether (sulfide) groups is 1. The van der Waals surface area contributed by atoms with Crippen LogP contribution in [0.25, 0.3) is 0 Å². The van der Waals surface area contributed by atoms with Crippen molar-refractivity contribution in [3.05, 3.63) is 66.5 Å². The van der Waals surface area contributed by atoms with Gasteiger partial charge in [0.2, 0.25) is 11.8 Å². The number of nitrogens with one attached hydrogen (secondary N) is 1. The Bertz CT molecular complexity index is 1140. The zero-order valence-electron chi connectivity index (χ0n) is 18.8. The van der Waals surface area contributed by atoms with Crippen LogP contribution in [0.3, 0.4) is 0 Å². The first-order chi connectivity index (χ1) is 16.5. The molecular weight excluding hydrogens is 456 g/mol. The highest BCUT2D eigenvalue weighted by Gasteiger charge is 2.31. The van der Waals surface area contributed by atoms with Gasteiger partial charge < -0.3 is 19.1 Å². The van der Waals surface area contributed by atoms with E-state index in [-0.39, 0.29) is 16.4 Å². The molecule has 1 saturated heterocycles. The average Bonchev–Trinajstić information content (AvgIpc) is 3.17. The summed E-state index contributed by atoms with van der Waals surface area (Å²) in [5, 5.41) is 1.64. The molecule has 0 bridgehead atoms. The summed E-state index contributed by atoms with van der Waals surface area (Å²) in [7, 11) is 3.53. The lowest BCUT2D eigenvalue weighted by Gasteiger charge is -2.18. The molecule has 34 heavy (non-hydrogen) atoms. The van der Waals surface area contributed by atoms with Gasteiger partial charge in [0.15, 0.2) is 0 Å². The Hall–Kier alpha value is -3.79. The number of anilines is 1. The summed E-state index contributed by atoms with van der Waals surface area (Å²) in [6, 6.07) is 16.6. The van der Waals surface area contributed by atoms with Crippen LogP contribution >= 0.6 is 11.8 Å². The molecule has 3 aromatic rings. The van der Waals surface area contributed by atoms with Gasteiger partial charge in [0.1, 0.15) is 36.0 Å². The number of carbonyl (C=O) groups excluding carboxylic acids is 2. The second-order valence-electron chi connectivity index (χ2n) is 7.49. The number of hydrogen-bond acceptors (Lipinski definition) is 9. The van der Waals surface area contributed by atoms with Crippen molar-refractivity contribution in [3.8, 4) is 23.1 Å². The third-order valence-electron chi connectivity index (χ3n) is 5.11. The molecule has 0 unspecified atom stereocenters. The predicted octanol–water partition coefficient (Wildman–Crippen LogP) is 3.69. The van der Waals surface area contributed by atoms with E-state index < -0.39 is 0 Å². The highest BCUT2D eigenvalue weighted by Crippen LogP contribution is 2.25. The zero-order chi connectivity index (χ0) is 23.9. The van der Waals surface area contributed by atoms with Crippen molar-refractivity contribution in [2.24, 2.45) is 0 Å². The van der Waals surface area contributed by atoms with Crippen LogP contribution < -0.4 is 24.4 Å². The maximum atomic E-state index is 11.7. The maximum absolute atomic E-state index is 11.7. The number of aromatic nitrogens is 2.